The van der Waals surface area contributed by atoms with E-state index in [-0.39, 0.29) is 14.9 Å². The van der Waals surface area contributed by atoms with E-state index in [1.807, 2.05) is 0 Å². The van der Waals surface area contributed by atoms with E-state index in [0.29, 0.717) is 0 Å². The fraction of sp³-hybridized carbons (Fsp3) is 0. The molecule has 0 aromatic carbocycles. The quantitative estimate of drug-likeness (QED) is 0.415. The predicted octanol–water partition coefficient (Wildman–Crippen LogP) is 7.15. The molecule has 0 spiro atoms. The van der Waals surface area contributed by atoms with E-state index in [4.69, 9.17) is 0 Å². The molecule has 2 atom stereocenters. The highest BCUT2D eigenvalue weighted by Gasteiger charge is 2.27. The summed E-state index contributed by atoms with van der Waals surface area (Å²) in [5.41, 5.74) is 0. The maximum Gasteiger partial charge on any atom is 0.0218 e. The Labute approximate surface area is 92.0 Å². The van der Waals surface area contributed by atoms with Gasteiger partial charge in [-0.25, -0.2) is 0 Å². The Kier molecular flexibility index (Phi) is 3.26. The molecule has 0 aromatic rings. The van der Waals surface area contributed by atoms with Crippen molar-refractivity contribution in [2.24, 2.45) is 0 Å². The van der Waals surface area contributed by atoms with Crippen LogP contribution in [0.3, 0.4) is 0 Å². The Hall–Kier alpha value is 1.02. The van der Waals surface area contributed by atoms with Crippen molar-refractivity contribution in [2.75, 3.05) is 0 Å². The third-order valence-corrected chi connectivity index (χ3v) is 24.8. The van der Waals surface area contributed by atoms with Gasteiger partial charge in [0.2, 0.25) is 0 Å². The van der Waals surface area contributed by atoms with Crippen molar-refractivity contribution < 1.29 is 0 Å². The third-order valence-electron chi connectivity index (χ3n) is 1.99. The topological polar surface area (TPSA) is 0 Å². The van der Waals surface area contributed by atoms with Gasteiger partial charge < -0.3 is 0 Å². The predicted molar refractivity (Wildman–Crippen MR) is 76.0 cm³/mol. The minimum absolute atomic E-state index is 0.0559. The number of fused-ring (bicyclic) bond motifs is 3. The Morgan fingerprint density at radius 3 is 3.07 bits per heavy atom. The highest BCUT2D eigenvalue weighted by molar-refractivity contribution is 8.70. The summed E-state index contributed by atoms with van der Waals surface area (Å²) >= 11 is 0. The standard InChI is InChI=1S/C8H6P6/c1-2-6-13-7(3-1)4-5-8-9-10-11-12-14(8)13/h1-6H. The van der Waals surface area contributed by atoms with Crippen LogP contribution in [0.15, 0.2) is 46.6 Å². The molecule has 0 aromatic heterocycles. The molecule has 0 nitrogen and oxygen atoms in total. The lowest BCUT2D eigenvalue weighted by Gasteiger charge is -2.28. The van der Waals surface area contributed by atoms with Crippen LogP contribution in [-0.4, -0.2) is 0 Å². The molecule has 3 aliphatic rings. The molecule has 0 bridgehead atoms. The van der Waals surface area contributed by atoms with Crippen molar-refractivity contribution in [1.82, 2.24) is 0 Å². The fourth-order valence-electron chi connectivity index (χ4n) is 1.37. The van der Waals surface area contributed by atoms with E-state index in [0.717, 1.165) is 0 Å². The van der Waals surface area contributed by atoms with Crippen molar-refractivity contribution in [3.63, 3.8) is 0 Å². The average Bonchev–Trinajstić information content (AvgIpc) is 2.29. The summed E-state index contributed by atoms with van der Waals surface area (Å²) in [7, 11) is 6.69. The van der Waals surface area contributed by atoms with Crippen molar-refractivity contribution in [1.29, 1.82) is 0 Å². The fourth-order valence-corrected chi connectivity index (χ4v) is 31.5. The van der Waals surface area contributed by atoms with Gasteiger partial charge in [-0.05, 0) is 49.5 Å². The monoisotopic (exact) mass is 288 g/mol. The Morgan fingerprint density at radius 1 is 1.07 bits per heavy atom. The minimum atomic E-state index is 0.0559. The molecule has 3 heterocycles. The van der Waals surface area contributed by atoms with Crippen LogP contribution in [0.25, 0.3) is 0 Å². The van der Waals surface area contributed by atoms with Crippen molar-refractivity contribution >= 4 is 45.4 Å². The molecule has 6 heteroatoms. The third kappa shape index (κ3) is 1.83. The van der Waals surface area contributed by atoms with Crippen molar-refractivity contribution in [3.8, 4) is 0 Å². The molecule has 0 amide bonds. The molecule has 0 saturated carbocycles. The van der Waals surface area contributed by atoms with Gasteiger partial charge in [0.1, 0.15) is 0 Å². The normalized spacial score (nSPS) is 36.6. The number of allylic oxidation sites excluding steroid dienone is 6. The zero-order chi connectivity index (χ0) is 9.38. The van der Waals surface area contributed by atoms with Crippen LogP contribution in [0.1, 0.15) is 0 Å². The Bertz CT molecular complexity index is 397. The van der Waals surface area contributed by atoms with Crippen LogP contribution in [-0.2, 0) is 0 Å². The van der Waals surface area contributed by atoms with Crippen LogP contribution < -0.4 is 0 Å². The summed E-state index contributed by atoms with van der Waals surface area (Å²) in [5.74, 6) is 2.46. The van der Waals surface area contributed by atoms with E-state index >= 15 is 0 Å². The molecule has 68 valence electrons. The second-order valence-corrected chi connectivity index (χ2v) is 18.6. The zero-order valence-electron chi connectivity index (χ0n) is 7.15. The van der Waals surface area contributed by atoms with Crippen LogP contribution in [0.4, 0.5) is 0 Å². The number of hydrogen-bond donors (Lipinski definition) is 0. The molecule has 3 rings (SSSR count). The van der Waals surface area contributed by atoms with Crippen LogP contribution >= 0.6 is 45.4 Å². The highest BCUT2D eigenvalue weighted by atomic mass is 32.6. The van der Waals surface area contributed by atoms with Crippen molar-refractivity contribution in [2.45, 2.75) is 0 Å². The number of hydrogen-bond acceptors (Lipinski definition) is 0. The largest absolute Gasteiger partial charge is 0.0615 e. The SMILES string of the molecule is C1=CC2=CC=C3P=PP=PP3P2C=C1. The minimum Gasteiger partial charge on any atom is -0.0615 e. The van der Waals surface area contributed by atoms with Crippen molar-refractivity contribution in [3.05, 3.63) is 46.6 Å². The molecule has 0 saturated heterocycles. The summed E-state index contributed by atoms with van der Waals surface area (Å²) < 4.78 is 0. The van der Waals surface area contributed by atoms with Gasteiger partial charge in [0.15, 0.2) is 0 Å². The second kappa shape index (κ2) is 4.48. The summed E-state index contributed by atoms with van der Waals surface area (Å²) in [4.78, 5) is 0. The van der Waals surface area contributed by atoms with E-state index < -0.39 is 0 Å². The first kappa shape index (κ1) is 10.2. The van der Waals surface area contributed by atoms with E-state index in [1.165, 1.54) is 0 Å². The summed E-state index contributed by atoms with van der Waals surface area (Å²) in [6.45, 7) is 0. The highest BCUT2D eigenvalue weighted by Crippen LogP contribution is 2.91. The smallest absolute Gasteiger partial charge is 0.0218 e. The molecule has 3 aliphatic heterocycles. The van der Waals surface area contributed by atoms with Gasteiger partial charge in [0, 0.05) is 12.4 Å². The first-order valence-electron chi connectivity index (χ1n) is 4.13. The molecule has 14 heavy (non-hydrogen) atoms. The first-order chi connectivity index (χ1) is 6.95. The van der Waals surface area contributed by atoms with Crippen LogP contribution in [0, 0.1) is 0 Å². The lowest BCUT2D eigenvalue weighted by atomic mass is 10.4. The number of rotatable bonds is 0. The van der Waals surface area contributed by atoms with Gasteiger partial charge in [-0.2, -0.15) is 0 Å². The van der Waals surface area contributed by atoms with Crippen LogP contribution in [0.2, 0.25) is 0 Å². The van der Waals surface area contributed by atoms with Gasteiger partial charge in [-0.15, -0.1) is 0 Å². The van der Waals surface area contributed by atoms with Gasteiger partial charge in [-0.1, -0.05) is 30.1 Å². The summed E-state index contributed by atoms with van der Waals surface area (Å²) in [5, 5.41) is 3.32. The Balaban J connectivity index is 2.08. The molecule has 0 fully saturated rings. The molecular formula is C8H6P6. The van der Waals surface area contributed by atoms with Gasteiger partial charge >= 0.3 is 0 Å². The Morgan fingerprint density at radius 2 is 2.07 bits per heavy atom. The molecule has 0 N–H and O–H groups in total. The maximum absolute atomic E-state index is 2.46. The molecule has 0 aliphatic carbocycles. The van der Waals surface area contributed by atoms with Gasteiger partial charge in [0.05, 0.1) is 0 Å². The lowest BCUT2D eigenvalue weighted by molar-refractivity contribution is 1.80. The van der Waals surface area contributed by atoms with E-state index in [2.05, 4.69) is 36.2 Å². The average molecular weight is 288 g/mol. The maximum atomic E-state index is 2.46. The summed E-state index contributed by atoms with van der Waals surface area (Å²) in [6, 6.07) is 0. The first-order valence-corrected chi connectivity index (χ1v) is 14.0. The molecule has 2 unspecified atom stereocenters. The molecular weight excluding hydrogens is 282 g/mol. The van der Waals surface area contributed by atoms with E-state index in [9.17, 15) is 0 Å². The van der Waals surface area contributed by atoms with Gasteiger partial charge in [-0.3, -0.25) is 0 Å². The van der Waals surface area contributed by atoms with E-state index in [1.54, 1.807) is 40.9 Å². The van der Waals surface area contributed by atoms with Gasteiger partial charge in [0.25, 0.3) is 0 Å². The summed E-state index contributed by atoms with van der Waals surface area (Å²) in [6.07, 6.45) is 11.5. The second-order valence-electron chi connectivity index (χ2n) is 2.82. The lowest BCUT2D eigenvalue weighted by Crippen LogP contribution is -1.82. The molecule has 0 radical (unpaired) electrons. The van der Waals surface area contributed by atoms with Crippen LogP contribution in [0.5, 0.6) is 0 Å². The zero-order valence-corrected chi connectivity index (χ0v) is 12.5.